The number of H-pyrrole nitrogens is 1. The second kappa shape index (κ2) is 3.29. The summed E-state index contributed by atoms with van der Waals surface area (Å²) < 4.78 is 0. The van der Waals surface area contributed by atoms with Gasteiger partial charge in [0.1, 0.15) is 0 Å². The van der Waals surface area contributed by atoms with E-state index in [4.69, 9.17) is 11.6 Å². The summed E-state index contributed by atoms with van der Waals surface area (Å²) >= 11 is 7.40. The topological polar surface area (TPSA) is 28.7 Å². The molecule has 0 spiro atoms. The number of nitrogens with zero attached hydrogens (tertiary/aromatic N) is 1. The number of alkyl halides is 1. The van der Waals surface area contributed by atoms with Crippen molar-refractivity contribution in [3.8, 4) is 11.3 Å². The molecule has 0 fully saturated rings. The van der Waals surface area contributed by atoms with Crippen molar-refractivity contribution >= 4 is 22.9 Å². The van der Waals surface area contributed by atoms with Crippen molar-refractivity contribution in [1.29, 1.82) is 0 Å². The first kappa shape index (κ1) is 7.83. The largest absolute Gasteiger partial charge is 0.277 e. The fourth-order valence-corrected chi connectivity index (χ4v) is 1.92. The highest BCUT2D eigenvalue weighted by molar-refractivity contribution is 7.08. The van der Waals surface area contributed by atoms with Crippen molar-refractivity contribution < 1.29 is 0 Å². The number of hydrogen-bond donors (Lipinski definition) is 1. The zero-order chi connectivity index (χ0) is 8.39. The van der Waals surface area contributed by atoms with Crippen LogP contribution in [0.5, 0.6) is 0 Å². The van der Waals surface area contributed by atoms with Gasteiger partial charge in [0, 0.05) is 16.5 Å². The Morgan fingerprint density at radius 2 is 2.50 bits per heavy atom. The molecule has 0 aliphatic rings. The van der Waals surface area contributed by atoms with Crippen LogP contribution in [0.1, 0.15) is 5.56 Å². The van der Waals surface area contributed by atoms with Gasteiger partial charge in [-0.25, -0.2) is 0 Å². The fraction of sp³-hybridized carbons (Fsp3) is 0.125. The summed E-state index contributed by atoms with van der Waals surface area (Å²) in [7, 11) is 0. The van der Waals surface area contributed by atoms with Gasteiger partial charge < -0.3 is 0 Å². The summed E-state index contributed by atoms with van der Waals surface area (Å²) in [5.41, 5.74) is 3.24. The van der Waals surface area contributed by atoms with E-state index in [-0.39, 0.29) is 0 Å². The molecule has 0 bridgehead atoms. The van der Waals surface area contributed by atoms with Crippen LogP contribution in [0.2, 0.25) is 0 Å². The molecule has 2 aromatic heterocycles. The quantitative estimate of drug-likeness (QED) is 0.739. The van der Waals surface area contributed by atoms with Gasteiger partial charge in [-0.2, -0.15) is 16.4 Å². The van der Waals surface area contributed by atoms with Crippen molar-refractivity contribution in [2.45, 2.75) is 5.88 Å². The van der Waals surface area contributed by atoms with Crippen molar-refractivity contribution in [1.82, 2.24) is 10.2 Å². The maximum Gasteiger partial charge on any atom is 0.0702 e. The van der Waals surface area contributed by atoms with Gasteiger partial charge in [0.15, 0.2) is 0 Å². The molecule has 12 heavy (non-hydrogen) atoms. The maximum absolute atomic E-state index is 5.73. The van der Waals surface area contributed by atoms with Crippen molar-refractivity contribution in [2.24, 2.45) is 0 Å². The minimum Gasteiger partial charge on any atom is -0.277 e. The Balaban J connectivity index is 2.46. The molecular weight excluding hydrogens is 192 g/mol. The highest BCUT2D eigenvalue weighted by Gasteiger charge is 2.05. The van der Waals surface area contributed by atoms with E-state index in [1.807, 2.05) is 11.4 Å². The number of hydrogen-bond acceptors (Lipinski definition) is 2. The minimum atomic E-state index is 0.502. The van der Waals surface area contributed by atoms with Crippen LogP contribution < -0.4 is 0 Å². The first-order chi connectivity index (χ1) is 5.92. The Hall–Kier alpha value is -0.800. The molecule has 4 heteroatoms. The molecule has 0 radical (unpaired) electrons. The lowest BCUT2D eigenvalue weighted by Gasteiger charge is -1.94. The lowest BCUT2D eigenvalue weighted by Crippen LogP contribution is -1.79. The van der Waals surface area contributed by atoms with E-state index >= 15 is 0 Å². The van der Waals surface area contributed by atoms with Crippen molar-refractivity contribution in [3.05, 3.63) is 28.6 Å². The predicted molar refractivity (Wildman–Crippen MR) is 51.5 cm³/mol. The smallest absolute Gasteiger partial charge is 0.0702 e. The van der Waals surface area contributed by atoms with E-state index in [0.29, 0.717) is 5.88 Å². The number of rotatable bonds is 2. The van der Waals surface area contributed by atoms with E-state index < -0.39 is 0 Å². The monoisotopic (exact) mass is 198 g/mol. The fourth-order valence-electron chi connectivity index (χ4n) is 1.07. The molecule has 0 saturated carbocycles. The van der Waals surface area contributed by atoms with Crippen LogP contribution in [0.15, 0.2) is 23.0 Å². The Labute approximate surface area is 79.2 Å². The Bertz CT molecular complexity index is 353. The average molecular weight is 199 g/mol. The average Bonchev–Trinajstić information content (AvgIpc) is 2.74. The van der Waals surface area contributed by atoms with E-state index in [0.717, 1.165) is 16.8 Å². The number of thiophene rings is 1. The highest BCUT2D eigenvalue weighted by Crippen LogP contribution is 2.24. The van der Waals surface area contributed by atoms with Crippen LogP contribution in [0, 0.1) is 0 Å². The number of halogens is 1. The molecular formula is C8H7ClN2S. The van der Waals surface area contributed by atoms with Gasteiger partial charge in [-0.15, -0.1) is 11.6 Å². The third kappa shape index (κ3) is 1.26. The first-order valence-corrected chi connectivity index (χ1v) is 5.00. The molecule has 1 N–H and O–H groups in total. The zero-order valence-corrected chi connectivity index (χ0v) is 7.82. The minimum absolute atomic E-state index is 0.502. The van der Waals surface area contributed by atoms with E-state index in [9.17, 15) is 0 Å². The van der Waals surface area contributed by atoms with Gasteiger partial charge in [-0.3, -0.25) is 5.10 Å². The van der Waals surface area contributed by atoms with Crippen molar-refractivity contribution in [3.63, 3.8) is 0 Å². The predicted octanol–water partition coefficient (Wildman–Crippen LogP) is 2.88. The van der Waals surface area contributed by atoms with E-state index in [2.05, 4.69) is 15.6 Å². The second-order valence-corrected chi connectivity index (χ2v) is 3.46. The summed E-state index contributed by atoms with van der Waals surface area (Å²) in [6.45, 7) is 0. The standard InChI is InChI=1S/C8H7ClN2S/c9-3-7-4-10-11-8(7)6-1-2-12-5-6/h1-2,4-5H,3H2,(H,10,11). The Kier molecular flexibility index (Phi) is 2.15. The second-order valence-electron chi connectivity index (χ2n) is 2.42. The zero-order valence-electron chi connectivity index (χ0n) is 6.25. The molecule has 62 valence electrons. The molecule has 0 saturated heterocycles. The normalized spacial score (nSPS) is 10.4. The maximum atomic E-state index is 5.73. The summed E-state index contributed by atoms with van der Waals surface area (Å²) in [5, 5.41) is 11.0. The Morgan fingerprint density at radius 1 is 1.58 bits per heavy atom. The third-order valence-corrected chi connectivity index (χ3v) is 2.64. The van der Waals surface area contributed by atoms with Gasteiger partial charge in [0.25, 0.3) is 0 Å². The van der Waals surface area contributed by atoms with Crippen LogP contribution in [-0.4, -0.2) is 10.2 Å². The van der Waals surface area contributed by atoms with Gasteiger partial charge in [-0.1, -0.05) is 0 Å². The summed E-state index contributed by atoms with van der Waals surface area (Å²) in [4.78, 5) is 0. The molecule has 2 rings (SSSR count). The van der Waals surface area contributed by atoms with E-state index in [1.165, 1.54) is 0 Å². The highest BCUT2D eigenvalue weighted by atomic mass is 35.5. The Morgan fingerprint density at radius 3 is 3.17 bits per heavy atom. The molecule has 0 atom stereocenters. The molecule has 0 aliphatic carbocycles. The van der Waals surface area contributed by atoms with Crippen molar-refractivity contribution in [2.75, 3.05) is 0 Å². The molecule has 2 heterocycles. The van der Waals surface area contributed by atoms with Crippen LogP contribution in [-0.2, 0) is 5.88 Å². The molecule has 2 aromatic rings. The van der Waals surface area contributed by atoms with Crippen LogP contribution >= 0.6 is 22.9 Å². The summed E-state index contributed by atoms with van der Waals surface area (Å²) in [6.07, 6.45) is 1.76. The molecule has 2 nitrogen and oxygen atoms in total. The van der Waals surface area contributed by atoms with Gasteiger partial charge >= 0.3 is 0 Å². The van der Waals surface area contributed by atoms with Crippen LogP contribution in [0.3, 0.4) is 0 Å². The molecule has 0 aromatic carbocycles. The SMILES string of the molecule is ClCc1cn[nH]c1-c1ccsc1. The molecule has 0 amide bonds. The van der Waals surface area contributed by atoms with Gasteiger partial charge in [0.2, 0.25) is 0 Å². The summed E-state index contributed by atoms with van der Waals surface area (Å²) in [6, 6.07) is 2.05. The lowest BCUT2D eigenvalue weighted by molar-refractivity contribution is 1.10. The van der Waals surface area contributed by atoms with Crippen LogP contribution in [0.4, 0.5) is 0 Å². The molecule has 0 unspecified atom stereocenters. The number of aromatic nitrogens is 2. The van der Waals surface area contributed by atoms with Crippen LogP contribution in [0.25, 0.3) is 11.3 Å². The lowest BCUT2D eigenvalue weighted by atomic mass is 10.2. The number of aromatic amines is 1. The number of nitrogens with one attached hydrogen (secondary N) is 1. The van der Waals surface area contributed by atoms with Gasteiger partial charge in [0.05, 0.1) is 17.8 Å². The van der Waals surface area contributed by atoms with Gasteiger partial charge in [-0.05, 0) is 11.4 Å². The van der Waals surface area contributed by atoms with E-state index in [1.54, 1.807) is 17.5 Å². The third-order valence-electron chi connectivity index (χ3n) is 1.67. The molecule has 0 aliphatic heterocycles. The first-order valence-electron chi connectivity index (χ1n) is 3.52. The summed E-state index contributed by atoms with van der Waals surface area (Å²) in [5.74, 6) is 0.502.